The molecule has 4 heteroatoms. The van der Waals surface area contributed by atoms with Crippen molar-refractivity contribution >= 4 is 11.6 Å². The largest absolute Gasteiger partial charge is 0.508 e. The van der Waals surface area contributed by atoms with Crippen LogP contribution in [0, 0.1) is 0 Å². The lowest BCUT2D eigenvalue weighted by Gasteiger charge is -2.15. The number of hydrogen-bond donors (Lipinski definition) is 2. The molecule has 0 aromatic heterocycles. The number of hydrogen-bond acceptors (Lipinski definition) is 3. The highest BCUT2D eigenvalue weighted by Gasteiger charge is 2.08. The highest BCUT2D eigenvalue weighted by molar-refractivity contribution is 6.30. The summed E-state index contributed by atoms with van der Waals surface area (Å²) in [6.45, 7) is 2.63. The fourth-order valence-corrected chi connectivity index (χ4v) is 2.09. The molecule has 0 spiro atoms. The standard InChI is InChI=1S/C16H18ClNO2/c1-11(12-3-5-14(17)6-4-12)18-10-13-9-15(20-2)7-8-16(13)19/h3-9,11,18-19H,10H2,1-2H3. The molecule has 2 rings (SSSR count). The number of rotatable bonds is 5. The van der Waals surface area contributed by atoms with Crippen molar-refractivity contribution in [1.29, 1.82) is 0 Å². The van der Waals surface area contributed by atoms with Crippen LogP contribution in [0.5, 0.6) is 11.5 Å². The van der Waals surface area contributed by atoms with Gasteiger partial charge >= 0.3 is 0 Å². The molecular weight excluding hydrogens is 274 g/mol. The van der Waals surface area contributed by atoms with Crippen molar-refractivity contribution < 1.29 is 9.84 Å². The van der Waals surface area contributed by atoms with Gasteiger partial charge in [-0.25, -0.2) is 0 Å². The number of ether oxygens (including phenoxy) is 1. The van der Waals surface area contributed by atoms with Crippen LogP contribution in [0.3, 0.4) is 0 Å². The Morgan fingerprint density at radius 3 is 2.55 bits per heavy atom. The maximum Gasteiger partial charge on any atom is 0.120 e. The number of halogens is 1. The minimum atomic E-state index is 0.165. The van der Waals surface area contributed by atoms with Crippen molar-refractivity contribution in [3.63, 3.8) is 0 Å². The van der Waals surface area contributed by atoms with Crippen LogP contribution in [0.4, 0.5) is 0 Å². The third-order valence-electron chi connectivity index (χ3n) is 3.26. The lowest BCUT2D eigenvalue weighted by atomic mass is 10.1. The summed E-state index contributed by atoms with van der Waals surface area (Å²) in [5, 5.41) is 13.9. The number of benzene rings is 2. The van der Waals surface area contributed by atoms with Gasteiger partial charge in [0.25, 0.3) is 0 Å². The van der Waals surface area contributed by atoms with E-state index in [4.69, 9.17) is 16.3 Å². The van der Waals surface area contributed by atoms with Gasteiger partial charge in [-0.2, -0.15) is 0 Å². The Hall–Kier alpha value is -1.71. The van der Waals surface area contributed by atoms with Gasteiger partial charge in [0.2, 0.25) is 0 Å². The van der Waals surface area contributed by atoms with Gasteiger partial charge < -0.3 is 15.2 Å². The molecule has 0 aliphatic rings. The molecule has 0 heterocycles. The molecule has 2 aromatic rings. The van der Waals surface area contributed by atoms with Crippen LogP contribution in [-0.4, -0.2) is 12.2 Å². The molecule has 0 fully saturated rings. The molecule has 3 nitrogen and oxygen atoms in total. The predicted molar refractivity (Wildman–Crippen MR) is 81.4 cm³/mol. The minimum absolute atomic E-state index is 0.165. The van der Waals surface area contributed by atoms with Gasteiger partial charge in [-0.15, -0.1) is 0 Å². The summed E-state index contributed by atoms with van der Waals surface area (Å²) in [4.78, 5) is 0. The summed E-state index contributed by atoms with van der Waals surface area (Å²) in [5.74, 6) is 1.00. The zero-order valence-electron chi connectivity index (χ0n) is 11.6. The average Bonchev–Trinajstić information content (AvgIpc) is 2.47. The van der Waals surface area contributed by atoms with Gasteiger partial charge in [-0.05, 0) is 42.8 Å². The number of methoxy groups -OCH3 is 1. The third kappa shape index (κ3) is 3.65. The van der Waals surface area contributed by atoms with Crippen molar-refractivity contribution in [3.05, 3.63) is 58.6 Å². The Morgan fingerprint density at radius 2 is 1.90 bits per heavy atom. The first kappa shape index (κ1) is 14.7. The van der Waals surface area contributed by atoms with E-state index in [1.165, 1.54) is 0 Å². The molecule has 1 unspecified atom stereocenters. The van der Waals surface area contributed by atoms with E-state index in [2.05, 4.69) is 12.2 Å². The first-order valence-electron chi connectivity index (χ1n) is 6.45. The SMILES string of the molecule is COc1ccc(O)c(CNC(C)c2ccc(Cl)cc2)c1. The van der Waals surface area contributed by atoms with Crippen molar-refractivity contribution in [2.24, 2.45) is 0 Å². The lowest BCUT2D eigenvalue weighted by molar-refractivity contribution is 0.409. The Morgan fingerprint density at radius 1 is 1.20 bits per heavy atom. The smallest absolute Gasteiger partial charge is 0.120 e. The van der Waals surface area contributed by atoms with Gasteiger partial charge in [0.15, 0.2) is 0 Å². The summed E-state index contributed by atoms with van der Waals surface area (Å²) in [5.41, 5.74) is 1.96. The van der Waals surface area contributed by atoms with E-state index in [0.29, 0.717) is 6.54 Å². The first-order chi connectivity index (χ1) is 9.60. The van der Waals surface area contributed by atoms with Gasteiger partial charge in [0.1, 0.15) is 11.5 Å². The maximum atomic E-state index is 9.84. The van der Waals surface area contributed by atoms with Crippen LogP contribution in [-0.2, 0) is 6.54 Å². The molecule has 0 radical (unpaired) electrons. The Kier molecular flexibility index (Phi) is 4.88. The molecule has 0 saturated carbocycles. The van der Waals surface area contributed by atoms with Crippen LogP contribution in [0.1, 0.15) is 24.1 Å². The normalized spacial score (nSPS) is 12.2. The highest BCUT2D eigenvalue weighted by atomic mass is 35.5. The molecule has 2 aromatic carbocycles. The summed E-state index contributed by atoms with van der Waals surface area (Å²) in [6, 6.07) is 13.1. The van der Waals surface area contributed by atoms with E-state index in [-0.39, 0.29) is 11.8 Å². The van der Waals surface area contributed by atoms with Crippen molar-refractivity contribution in [1.82, 2.24) is 5.32 Å². The molecule has 20 heavy (non-hydrogen) atoms. The molecule has 106 valence electrons. The van der Waals surface area contributed by atoms with Crippen LogP contribution in [0.2, 0.25) is 5.02 Å². The second-order valence-corrected chi connectivity index (χ2v) is 5.09. The second-order valence-electron chi connectivity index (χ2n) is 4.65. The fourth-order valence-electron chi connectivity index (χ4n) is 1.96. The summed E-state index contributed by atoms with van der Waals surface area (Å²) in [6.07, 6.45) is 0. The minimum Gasteiger partial charge on any atom is -0.508 e. The number of nitrogens with one attached hydrogen (secondary N) is 1. The fraction of sp³-hybridized carbons (Fsp3) is 0.250. The van der Waals surface area contributed by atoms with E-state index in [9.17, 15) is 5.11 Å². The zero-order valence-corrected chi connectivity index (χ0v) is 12.3. The topological polar surface area (TPSA) is 41.5 Å². The average molecular weight is 292 g/mol. The number of aromatic hydroxyl groups is 1. The van der Waals surface area contributed by atoms with Crippen molar-refractivity contribution in [2.75, 3.05) is 7.11 Å². The van der Waals surface area contributed by atoms with Crippen molar-refractivity contribution in [2.45, 2.75) is 19.5 Å². The molecule has 0 bridgehead atoms. The predicted octanol–water partition coefficient (Wildman–Crippen LogP) is 3.91. The third-order valence-corrected chi connectivity index (χ3v) is 3.51. The molecule has 0 saturated heterocycles. The molecule has 0 amide bonds. The van der Waals surface area contributed by atoms with Gasteiger partial charge in [-0.3, -0.25) is 0 Å². The highest BCUT2D eigenvalue weighted by Crippen LogP contribution is 2.24. The van der Waals surface area contributed by atoms with E-state index >= 15 is 0 Å². The van der Waals surface area contributed by atoms with E-state index in [0.717, 1.165) is 21.9 Å². The second kappa shape index (κ2) is 6.64. The van der Waals surface area contributed by atoms with Gasteiger partial charge in [0.05, 0.1) is 7.11 Å². The van der Waals surface area contributed by atoms with E-state index in [1.807, 2.05) is 30.3 Å². The monoisotopic (exact) mass is 291 g/mol. The summed E-state index contributed by atoms with van der Waals surface area (Å²) in [7, 11) is 1.61. The summed E-state index contributed by atoms with van der Waals surface area (Å²) >= 11 is 5.88. The maximum absolute atomic E-state index is 9.84. The molecule has 0 aliphatic heterocycles. The van der Waals surface area contributed by atoms with Gasteiger partial charge in [-0.1, -0.05) is 23.7 Å². The van der Waals surface area contributed by atoms with E-state index < -0.39 is 0 Å². The lowest BCUT2D eigenvalue weighted by Crippen LogP contribution is -2.18. The Balaban J connectivity index is 2.02. The van der Waals surface area contributed by atoms with Crippen molar-refractivity contribution in [3.8, 4) is 11.5 Å². The first-order valence-corrected chi connectivity index (χ1v) is 6.82. The molecule has 0 aliphatic carbocycles. The quantitative estimate of drug-likeness (QED) is 0.878. The molecular formula is C16H18ClNO2. The van der Waals surface area contributed by atoms with Crippen LogP contribution in [0.15, 0.2) is 42.5 Å². The Labute approximate surface area is 124 Å². The van der Waals surface area contributed by atoms with Crippen LogP contribution in [0.25, 0.3) is 0 Å². The number of phenolic OH excluding ortho intramolecular Hbond substituents is 1. The summed E-state index contributed by atoms with van der Waals surface area (Å²) < 4.78 is 5.16. The zero-order chi connectivity index (χ0) is 14.5. The van der Waals surface area contributed by atoms with Crippen LogP contribution >= 0.6 is 11.6 Å². The Bertz CT molecular complexity index is 569. The van der Waals surface area contributed by atoms with E-state index in [1.54, 1.807) is 19.2 Å². The van der Waals surface area contributed by atoms with Crippen LogP contribution < -0.4 is 10.1 Å². The molecule has 1 atom stereocenters. The van der Waals surface area contributed by atoms with Gasteiger partial charge in [0, 0.05) is 23.2 Å². The molecule has 2 N–H and O–H groups in total. The number of phenols is 1.